The molecule has 1 aliphatic heterocycles. The van der Waals surface area contributed by atoms with Gasteiger partial charge in [-0.1, -0.05) is 29.3 Å². The molecule has 0 unspecified atom stereocenters. The van der Waals surface area contributed by atoms with Crippen molar-refractivity contribution < 1.29 is 9.18 Å². The van der Waals surface area contributed by atoms with Gasteiger partial charge in [0.05, 0.1) is 15.6 Å². The summed E-state index contributed by atoms with van der Waals surface area (Å²) < 4.78 is 14.0. The van der Waals surface area contributed by atoms with Crippen LogP contribution >= 0.6 is 23.2 Å². The monoisotopic (exact) mass is 353 g/mol. The molecular weight excluding hydrogens is 340 g/mol. The van der Waals surface area contributed by atoms with Crippen LogP contribution in [0.25, 0.3) is 0 Å². The van der Waals surface area contributed by atoms with Crippen molar-refractivity contribution in [3.05, 3.63) is 58.0 Å². The van der Waals surface area contributed by atoms with Gasteiger partial charge >= 0.3 is 0 Å². The second-order valence-electron chi connectivity index (χ2n) is 5.22. The summed E-state index contributed by atoms with van der Waals surface area (Å²) in [6.07, 6.45) is 1.59. The molecule has 0 radical (unpaired) electrons. The predicted octanol–water partition coefficient (Wildman–Crippen LogP) is 3.49. The van der Waals surface area contributed by atoms with Crippen molar-refractivity contribution in [2.24, 2.45) is 0 Å². The van der Waals surface area contributed by atoms with Crippen LogP contribution in [-0.4, -0.2) is 42.0 Å². The van der Waals surface area contributed by atoms with E-state index in [4.69, 9.17) is 23.2 Å². The summed E-state index contributed by atoms with van der Waals surface area (Å²) in [6.45, 7) is 2.25. The van der Waals surface area contributed by atoms with Gasteiger partial charge in [0.2, 0.25) is 0 Å². The largest absolute Gasteiger partial charge is 0.353 e. The van der Waals surface area contributed by atoms with Gasteiger partial charge in [-0.05, 0) is 24.3 Å². The number of nitrogens with zero attached hydrogens (tertiary/aromatic N) is 3. The van der Waals surface area contributed by atoms with Crippen molar-refractivity contribution in [1.29, 1.82) is 0 Å². The van der Waals surface area contributed by atoms with E-state index in [1.807, 2.05) is 6.07 Å². The van der Waals surface area contributed by atoms with E-state index in [2.05, 4.69) is 9.88 Å². The minimum atomic E-state index is -0.666. The Balaban J connectivity index is 1.68. The molecule has 120 valence electrons. The number of halogens is 3. The Morgan fingerprint density at radius 3 is 2.48 bits per heavy atom. The first-order valence-electron chi connectivity index (χ1n) is 7.16. The van der Waals surface area contributed by atoms with Gasteiger partial charge in [-0.25, -0.2) is 9.37 Å². The second kappa shape index (κ2) is 6.72. The zero-order valence-electron chi connectivity index (χ0n) is 12.2. The minimum absolute atomic E-state index is 0.00979. The molecule has 1 saturated heterocycles. The quantitative estimate of drug-likeness (QED) is 0.829. The number of aromatic nitrogens is 1. The van der Waals surface area contributed by atoms with Crippen LogP contribution in [0.3, 0.4) is 0 Å². The zero-order valence-corrected chi connectivity index (χ0v) is 13.7. The lowest BCUT2D eigenvalue weighted by Gasteiger charge is -2.35. The normalized spacial score (nSPS) is 14.9. The van der Waals surface area contributed by atoms with Gasteiger partial charge in [0.1, 0.15) is 5.82 Å². The molecule has 1 aliphatic rings. The lowest BCUT2D eigenvalue weighted by atomic mass is 10.1. The molecule has 2 heterocycles. The third-order valence-electron chi connectivity index (χ3n) is 3.78. The fraction of sp³-hybridized carbons (Fsp3) is 0.250. The predicted molar refractivity (Wildman–Crippen MR) is 88.8 cm³/mol. The highest BCUT2D eigenvalue weighted by atomic mass is 35.5. The van der Waals surface area contributed by atoms with Crippen LogP contribution in [0.1, 0.15) is 10.4 Å². The fourth-order valence-corrected chi connectivity index (χ4v) is 2.82. The van der Waals surface area contributed by atoms with Gasteiger partial charge in [0.15, 0.2) is 5.82 Å². The molecule has 1 aromatic heterocycles. The summed E-state index contributed by atoms with van der Waals surface area (Å²) >= 11 is 11.6. The van der Waals surface area contributed by atoms with Crippen LogP contribution in [-0.2, 0) is 0 Å². The van der Waals surface area contributed by atoms with Gasteiger partial charge in [-0.15, -0.1) is 0 Å². The van der Waals surface area contributed by atoms with E-state index in [0.717, 1.165) is 5.82 Å². The maximum Gasteiger partial charge on any atom is 0.257 e. The first-order chi connectivity index (χ1) is 11.1. The van der Waals surface area contributed by atoms with Gasteiger partial charge in [0, 0.05) is 32.4 Å². The molecule has 3 rings (SSSR count). The molecule has 1 amide bonds. The maximum absolute atomic E-state index is 14.0. The highest BCUT2D eigenvalue weighted by Gasteiger charge is 2.25. The van der Waals surface area contributed by atoms with E-state index >= 15 is 0 Å². The lowest BCUT2D eigenvalue weighted by Crippen LogP contribution is -2.49. The molecule has 2 aromatic rings. The van der Waals surface area contributed by atoms with Gasteiger partial charge < -0.3 is 9.80 Å². The smallest absolute Gasteiger partial charge is 0.257 e. The number of pyridine rings is 1. The Morgan fingerprint density at radius 2 is 1.83 bits per heavy atom. The molecule has 7 heteroatoms. The third-order valence-corrected chi connectivity index (χ3v) is 4.30. The third kappa shape index (κ3) is 3.41. The average Bonchev–Trinajstić information content (AvgIpc) is 2.58. The van der Waals surface area contributed by atoms with Crippen LogP contribution in [0.5, 0.6) is 0 Å². The molecule has 0 saturated carbocycles. The molecule has 0 atom stereocenters. The van der Waals surface area contributed by atoms with Gasteiger partial charge in [-0.3, -0.25) is 4.79 Å². The molecule has 4 nitrogen and oxygen atoms in total. The number of rotatable bonds is 2. The summed E-state index contributed by atoms with van der Waals surface area (Å²) in [4.78, 5) is 20.4. The van der Waals surface area contributed by atoms with Crippen molar-refractivity contribution in [3.8, 4) is 0 Å². The van der Waals surface area contributed by atoms with Crippen molar-refractivity contribution in [3.63, 3.8) is 0 Å². The highest BCUT2D eigenvalue weighted by molar-refractivity contribution is 6.31. The topological polar surface area (TPSA) is 36.4 Å². The van der Waals surface area contributed by atoms with E-state index in [0.29, 0.717) is 31.2 Å². The maximum atomic E-state index is 14.0. The number of anilines is 1. The number of amides is 1. The van der Waals surface area contributed by atoms with Crippen LogP contribution in [0.2, 0.25) is 10.0 Å². The Kier molecular flexibility index (Phi) is 4.68. The fourth-order valence-electron chi connectivity index (χ4n) is 2.53. The van der Waals surface area contributed by atoms with Gasteiger partial charge in [-0.2, -0.15) is 0 Å². The minimum Gasteiger partial charge on any atom is -0.353 e. The Bertz CT molecular complexity index is 716. The van der Waals surface area contributed by atoms with Crippen LogP contribution < -0.4 is 4.90 Å². The zero-order chi connectivity index (χ0) is 16.4. The first kappa shape index (κ1) is 16.0. The number of hydrogen-bond donors (Lipinski definition) is 0. The van der Waals surface area contributed by atoms with Crippen molar-refractivity contribution >= 4 is 34.9 Å². The number of hydrogen-bond acceptors (Lipinski definition) is 3. The average molecular weight is 354 g/mol. The van der Waals surface area contributed by atoms with Crippen molar-refractivity contribution in [2.45, 2.75) is 0 Å². The van der Waals surface area contributed by atoms with Crippen LogP contribution in [0.4, 0.5) is 10.2 Å². The van der Waals surface area contributed by atoms with Crippen LogP contribution in [0.15, 0.2) is 36.5 Å². The van der Waals surface area contributed by atoms with E-state index in [1.54, 1.807) is 23.2 Å². The van der Waals surface area contributed by atoms with Gasteiger partial charge in [0.25, 0.3) is 5.91 Å². The standard InChI is InChI=1S/C16H14Cl2FN3O/c17-11-4-5-14(20-10-11)21-6-8-22(9-7-21)16(23)12-2-1-3-13(18)15(12)19/h1-5,10H,6-9H2. The summed E-state index contributed by atoms with van der Waals surface area (Å²) in [5.74, 6) is -0.190. The molecule has 23 heavy (non-hydrogen) atoms. The Labute approximate surface area is 143 Å². The molecule has 1 fully saturated rings. The molecule has 0 spiro atoms. The summed E-state index contributed by atoms with van der Waals surface area (Å²) in [5.41, 5.74) is 0.00979. The highest BCUT2D eigenvalue weighted by Crippen LogP contribution is 2.21. The Hall–Kier alpha value is -1.85. The molecule has 0 N–H and O–H groups in total. The first-order valence-corrected chi connectivity index (χ1v) is 7.91. The molecular formula is C16H14Cl2FN3O. The van der Waals surface area contributed by atoms with Crippen LogP contribution in [0, 0.1) is 5.82 Å². The number of benzene rings is 1. The SMILES string of the molecule is O=C(c1cccc(Cl)c1F)N1CCN(c2ccc(Cl)cn2)CC1. The van der Waals surface area contributed by atoms with E-state index < -0.39 is 5.82 Å². The van der Waals surface area contributed by atoms with E-state index in [-0.39, 0.29) is 16.5 Å². The lowest BCUT2D eigenvalue weighted by molar-refractivity contribution is 0.0742. The van der Waals surface area contributed by atoms with E-state index in [9.17, 15) is 9.18 Å². The molecule has 0 bridgehead atoms. The number of carbonyl (C=O) groups excluding carboxylic acids is 1. The van der Waals surface area contributed by atoms with Crippen molar-refractivity contribution in [2.75, 3.05) is 31.1 Å². The van der Waals surface area contributed by atoms with E-state index in [1.165, 1.54) is 12.1 Å². The second-order valence-corrected chi connectivity index (χ2v) is 6.06. The van der Waals surface area contributed by atoms with Crippen molar-refractivity contribution in [1.82, 2.24) is 9.88 Å². The number of carbonyl (C=O) groups is 1. The summed E-state index contributed by atoms with van der Waals surface area (Å²) in [7, 11) is 0. The number of piperazine rings is 1. The molecule has 1 aromatic carbocycles. The Morgan fingerprint density at radius 1 is 1.09 bits per heavy atom. The molecule has 0 aliphatic carbocycles. The summed E-state index contributed by atoms with van der Waals surface area (Å²) in [5, 5.41) is 0.541. The summed E-state index contributed by atoms with van der Waals surface area (Å²) in [6, 6.07) is 8.08.